The van der Waals surface area contributed by atoms with Crippen LogP contribution in [0.5, 0.6) is 5.75 Å². The lowest BCUT2D eigenvalue weighted by molar-refractivity contribution is -0.126. The van der Waals surface area contributed by atoms with Gasteiger partial charge in [-0.15, -0.1) is 0 Å². The van der Waals surface area contributed by atoms with E-state index in [2.05, 4.69) is 21.2 Å². The van der Waals surface area contributed by atoms with Crippen LogP contribution in [0.15, 0.2) is 66.7 Å². The van der Waals surface area contributed by atoms with E-state index in [9.17, 15) is 13.6 Å². The van der Waals surface area contributed by atoms with Crippen molar-refractivity contribution in [1.82, 2.24) is 10.2 Å². The van der Waals surface area contributed by atoms with Gasteiger partial charge in [0, 0.05) is 44.5 Å². The average Bonchev–Trinajstić information content (AvgIpc) is 2.87. The molecule has 35 heavy (non-hydrogen) atoms. The molecule has 3 aromatic carbocycles. The summed E-state index contributed by atoms with van der Waals surface area (Å²) in [6, 6.07) is 18.9. The van der Waals surface area contributed by atoms with Crippen LogP contribution in [0.25, 0.3) is 0 Å². The highest BCUT2D eigenvalue weighted by Crippen LogP contribution is 2.38. The lowest BCUT2D eigenvalue weighted by atomic mass is 9.83. The third-order valence-corrected chi connectivity index (χ3v) is 7.02. The highest BCUT2D eigenvalue weighted by molar-refractivity contribution is 5.82. The van der Waals surface area contributed by atoms with Crippen molar-refractivity contribution in [3.63, 3.8) is 0 Å². The van der Waals surface area contributed by atoms with Gasteiger partial charge in [0.25, 0.3) is 0 Å². The van der Waals surface area contributed by atoms with Gasteiger partial charge in [-0.25, -0.2) is 8.78 Å². The summed E-state index contributed by atoms with van der Waals surface area (Å²) in [6.07, 6.45) is 0.625. The number of hydrogen-bond donors (Lipinski definition) is 1. The van der Waals surface area contributed by atoms with Crippen molar-refractivity contribution in [3.05, 3.63) is 95.1 Å². The molecule has 2 atom stereocenters. The molecule has 0 radical (unpaired) electrons. The van der Waals surface area contributed by atoms with Crippen LogP contribution in [-0.2, 0) is 24.3 Å². The Bertz CT molecular complexity index is 1200. The molecule has 0 aliphatic carbocycles. The van der Waals surface area contributed by atoms with E-state index in [0.29, 0.717) is 19.5 Å². The minimum absolute atomic E-state index is 0.0173. The fourth-order valence-electron chi connectivity index (χ4n) is 5.22. The molecule has 0 unspecified atom stereocenters. The average molecular weight is 478 g/mol. The van der Waals surface area contributed by atoms with E-state index in [0.717, 1.165) is 41.2 Å². The molecule has 1 N–H and O–H groups in total. The molecule has 0 aromatic heterocycles. The number of ether oxygens (including phenoxy) is 1. The van der Waals surface area contributed by atoms with Crippen LogP contribution in [0, 0.1) is 17.6 Å². The summed E-state index contributed by atoms with van der Waals surface area (Å²) >= 11 is 0. The number of carbonyl (C=O) groups is 1. The second kappa shape index (κ2) is 10.0. The van der Waals surface area contributed by atoms with Gasteiger partial charge in [-0.2, -0.15) is 0 Å². The topological polar surface area (TPSA) is 44.8 Å². The fourth-order valence-corrected chi connectivity index (χ4v) is 5.22. The molecular weight excluding hydrogens is 448 g/mol. The van der Waals surface area contributed by atoms with Crippen molar-refractivity contribution in [2.45, 2.75) is 25.6 Å². The van der Waals surface area contributed by atoms with Crippen LogP contribution in [0.3, 0.4) is 0 Å². The lowest BCUT2D eigenvalue weighted by Crippen LogP contribution is -2.60. The summed E-state index contributed by atoms with van der Waals surface area (Å²) in [4.78, 5) is 18.1. The monoisotopic (exact) mass is 477 g/mol. The van der Waals surface area contributed by atoms with E-state index in [-0.39, 0.29) is 36.0 Å². The van der Waals surface area contributed by atoms with E-state index in [1.54, 1.807) is 13.2 Å². The predicted octanol–water partition coefficient (Wildman–Crippen LogP) is 4.15. The number of carbonyl (C=O) groups excluding carboxylic acids is 1. The summed E-state index contributed by atoms with van der Waals surface area (Å²) in [7, 11) is 1.66. The smallest absolute Gasteiger partial charge is 0.225 e. The maximum Gasteiger partial charge on any atom is 0.225 e. The van der Waals surface area contributed by atoms with Crippen LogP contribution in [-0.4, -0.2) is 43.6 Å². The molecule has 0 saturated carbocycles. The lowest BCUT2D eigenvalue weighted by Gasteiger charge is -2.49. The Morgan fingerprint density at radius 3 is 2.60 bits per heavy atom. The van der Waals surface area contributed by atoms with Crippen molar-refractivity contribution < 1.29 is 18.3 Å². The van der Waals surface area contributed by atoms with Crippen molar-refractivity contribution in [2.24, 2.45) is 5.92 Å². The van der Waals surface area contributed by atoms with Gasteiger partial charge in [0.15, 0.2) is 0 Å². The summed E-state index contributed by atoms with van der Waals surface area (Å²) in [5.74, 6) is -0.0429. The van der Waals surface area contributed by atoms with Crippen LogP contribution in [0.4, 0.5) is 14.5 Å². The number of piperazine rings is 1. The molecule has 5 nitrogen and oxygen atoms in total. The second-order valence-corrected chi connectivity index (χ2v) is 9.28. The number of hydrogen-bond acceptors (Lipinski definition) is 4. The quantitative estimate of drug-likeness (QED) is 0.579. The zero-order chi connectivity index (χ0) is 24.4. The zero-order valence-corrected chi connectivity index (χ0v) is 19.7. The maximum absolute atomic E-state index is 13.6. The molecule has 1 fully saturated rings. The minimum atomic E-state index is -0.313. The normalized spacial score (nSPS) is 19.6. The van der Waals surface area contributed by atoms with E-state index >= 15 is 0 Å². The molecule has 1 amide bonds. The number of fused-ring (bicyclic) bond motifs is 3. The van der Waals surface area contributed by atoms with E-state index < -0.39 is 0 Å². The molecular formula is C28H29F2N3O2. The predicted molar refractivity (Wildman–Crippen MR) is 131 cm³/mol. The first-order valence-corrected chi connectivity index (χ1v) is 11.9. The number of methoxy groups -OCH3 is 1. The third kappa shape index (κ3) is 5.15. The summed E-state index contributed by atoms with van der Waals surface area (Å²) in [6.45, 7) is 3.32. The van der Waals surface area contributed by atoms with Crippen molar-refractivity contribution in [2.75, 3.05) is 31.6 Å². The maximum atomic E-state index is 13.6. The Hall–Kier alpha value is -3.45. The Kier molecular flexibility index (Phi) is 6.68. The highest BCUT2D eigenvalue weighted by atomic mass is 19.1. The molecule has 0 spiro atoms. The first-order valence-electron chi connectivity index (χ1n) is 11.9. The molecule has 2 heterocycles. The number of anilines is 1. The van der Waals surface area contributed by atoms with Crippen LogP contribution < -0.4 is 15.0 Å². The summed E-state index contributed by atoms with van der Waals surface area (Å²) in [5.41, 5.74) is 4.02. The first kappa shape index (κ1) is 23.3. The number of amides is 1. The number of nitrogens with one attached hydrogen (secondary N) is 1. The van der Waals surface area contributed by atoms with Crippen LogP contribution in [0.2, 0.25) is 0 Å². The van der Waals surface area contributed by atoms with Gasteiger partial charge in [0.05, 0.1) is 19.1 Å². The second-order valence-electron chi connectivity index (χ2n) is 9.28. The van der Waals surface area contributed by atoms with E-state index in [4.69, 9.17) is 4.74 Å². The van der Waals surface area contributed by atoms with Gasteiger partial charge in [0.2, 0.25) is 5.91 Å². The molecule has 7 heteroatoms. The number of nitrogens with zero attached hydrogens (tertiary/aromatic N) is 2. The standard InChI is InChI=1S/C28H29F2N3O2/c1-35-24-10-7-21-14-25(28(34)31-16-20-3-2-4-23(30)13-20)27-18-32(11-12-33(27)26(21)15-24)17-19-5-8-22(29)9-6-19/h2-10,13,15,25,27H,11-12,14,16-18H2,1H3,(H,31,34)/t25-,27-/m0/s1. The largest absolute Gasteiger partial charge is 0.497 e. The Morgan fingerprint density at radius 2 is 1.83 bits per heavy atom. The fraction of sp³-hybridized carbons (Fsp3) is 0.321. The highest BCUT2D eigenvalue weighted by Gasteiger charge is 2.41. The zero-order valence-electron chi connectivity index (χ0n) is 19.7. The van der Waals surface area contributed by atoms with Crippen molar-refractivity contribution in [3.8, 4) is 5.75 Å². The van der Waals surface area contributed by atoms with Gasteiger partial charge in [-0.3, -0.25) is 9.69 Å². The van der Waals surface area contributed by atoms with Crippen molar-refractivity contribution in [1.29, 1.82) is 0 Å². The molecule has 1 saturated heterocycles. The Morgan fingerprint density at radius 1 is 1.00 bits per heavy atom. The molecule has 5 rings (SSSR count). The van der Waals surface area contributed by atoms with Gasteiger partial charge < -0.3 is 15.0 Å². The first-order chi connectivity index (χ1) is 17.0. The molecule has 182 valence electrons. The molecule has 3 aromatic rings. The SMILES string of the molecule is COc1ccc2c(c1)N1CCN(Cc3ccc(F)cc3)C[C@H]1[C@@H](C(=O)NCc1cccc(F)c1)C2. The summed E-state index contributed by atoms with van der Waals surface area (Å²) < 4.78 is 32.4. The number of rotatable bonds is 6. The van der Waals surface area contributed by atoms with Crippen LogP contribution in [0.1, 0.15) is 16.7 Å². The molecule has 2 aliphatic rings. The number of benzene rings is 3. The van der Waals surface area contributed by atoms with Crippen molar-refractivity contribution >= 4 is 11.6 Å². The van der Waals surface area contributed by atoms with Gasteiger partial charge >= 0.3 is 0 Å². The Balaban J connectivity index is 1.37. The van der Waals surface area contributed by atoms with Gasteiger partial charge in [0.1, 0.15) is 17.4 Å². The van der Waals surface area contributed by atoms with Gasteiger partial charge in [-0.05, 0) is 53.4 Å². The van der Waals surface area contributed by atoms with E-state index in [1.165, 1.54) is 24.3 Å². The molecule has 2 aliphatic heterocycles. The third-order valence-electron chi connectivity index (χ3n) is 7.02. The van der Waals surface area contributed by atoms with E-state index in [1.807, 2.05) is 30.3 Å². The Labute approximate surface area is 204 Å². The number of halogens is 2. The molecule has 0 bridgehead atoms. The van der Waals surface area contributed by atoms with Crippen LogP contribution >= 0.6 is 0 Å². The minimum Gasteiger partial charge on any atom is -0.497 e. The summed E-state index contributed by atoms with van der Waals surface area (Å²) in [5, 5.41) is 3.04. The van der Waals surface area contributed by atoms with Gasteiger partial charge in [-0.1, -0.05) is 30.3 Å².